The van der Waals surface area contributed by atoms with E-state index < -0.39 is 0 Å². The lowest BCUT2D eigenvalue weighted by atomic mass is 9.88. The molecule has 1 rings (SSSR count). The van der Waals surface area contributed by atoms with Crippen LogP contribution in [0.2, 0.25) is 0 Å². The molecule has 1 unspecified atom stereocenters. The molecular weight excluding hydrogens is 136 g/mol. The lowest BCUT2D eigenvalue weighted by molar-refractivity contribution is 0.130. The highest BCUT2D eigenvalue weighted by Crippen LogP contribution is 2.35. The summed E-state index contributed by atoms with van der Waals surface area (Å²) in [6, 6.07) is 0.306. The smallest absolute Gasteiger partial charge is 0.0351 e. The van der Waals surface area contributed by atoms with Crippen LogP contribution in [0.1, 0.15) is 32.6 Å². The van der Waals surface area contributed by atoms with E-state index in [1.165, 1.54) is 25.7 Å². The average Bonchev–Trinajstić information content (AvgIpc) is 2.34. The van der Waals surface area contributed by atoms with Gasteiger partial charge in [-0.25, -0.2) is 0 Å². The minimum absolute atomic E-state index is 0.306. The lowest BCUT2D eigenvalue weighted by Gasteiger charge is -2.39. The molecule has 1 aliphatic rings. The van der Waals surface area contributed by atoms with Crippen LogP contribution in [-0.4, -0.2) is 30.6 Å². The molecule has 1 saturated carbocycles. The van der Waals surface area contributed by atoms with Gasteiger partial charge in [0.05, 0.1) is 0 Å². The fourth-order valence-corrected chi connectivity index (χ4v) is 2.30. The number of nitrogens with two attached hydrogens (primary N) is 1. The second kappa shape index (κ2) is 3.11. The molecule has 0 aromatic rings. The highest BCUT2D eigenvalue weighted by molar-refractivity contribution is 4.98. The number of rotatable bonds is 2. The predicted octanol–water partition coefficient (Wildman–Crippen LogP) is 1.21. The molecule has 11 heavy (non-hydrogen) atoms. The molecule has 66 valence electrons. The molecule has 0 spiro atoms. The molecule has 2 nitrogen and oxygen atoms in total. The first-order valence-corrected chi connectivity index (χ1v) is 4.52. The van der Waals surface area contributed by atoms with Crippen LogP contribution < -0.4 is 5.73 Å². The fraction of sp³-hybridized carbons (Fsp3) is 1.00. The maximum atomic E-state index is 5.99. The molecule has 0 heterocycles. The van der Waals surface area contributed by atoms with Crippen LogP contribution in [0.15, 0.2) is 0 Å². The molecule has 0 bridgehead atoms. The van der Waals surface area contributed by atoms with Crippen molar-refractivity contribution in [2.75, 3.05) is 14.1 Å². The van der Waals surface area contributed by atoms with E-state index in [9.17, 15) is 0 Å². The zero-order chi connectivity index (χ0) is 8.48. The summed E-state index contributed by atoms with van der Waals surface area (Å²) in [6.45, 7) is 2.13. The molecule has 0 saturated heterocycles. The number of nitrogens with zero attached hydrogens (tertiary/aromatic N) is 1. The van der Waals surface area contributed by atoms with Gasteiger partial charge in [0.25, 0.3) is 0 Å². The van der Waals surface area contributed by atoms with E-state index in [0.717, 1.165) is 0 Å². The van der Waals surface area contributed by atoms with Crippen molar-refractivity contribution in [1.82, 2.24) is 4.90 Å². The molecule has 0 radical (unpaired) electrons. The Kier molecular flexibility index (Phi) is 2.55. The Morgan fingerprint density at radius 3 is 1.91 bits per heavy atom. The molecule has 2 N–H and O–H groups in total. The number of hydrogen-bond donors (Lipinski definition) is 1. The van der Waals surface area contributed by atoms with E-state index in [-0.39, 0.29) is 0 Å². The van der Waals surface area contributed by atoms with Crippen molar-refractivity contribution in [2.24, 2.45) is 5.73 Å². The van der Waals surface area contributed by atoms with Gasteiger partial charge in [-0.15, -0.1) is 0 Å². The van der Waals surface area contributed by atoms with Crippen LogP contribution >= 0.6 is 0 Å². The average molecular weight is 156 g/mol. The van der Waals surface area contributed by atoms with E-state index in [0.29, 0.717) is 11.6 Å². The monoisotopic (exact) mass is 156 g/mol. The molecule has 2 heteroatoms. The van der Waals surface area contributed by atoms with Gasteiger partial charge in [-0.2, -0.15) is 0 Å². The minimum Gasteiger partial charge on any atom is -0.326 e. The first-order valence-electron chi connectivity index (χ1n) is 4.52. The Morgan fingerprint density at radius 1 is 1.27 bits per heavy atom. The molecule has 1 aliphatic carbocycles. The summed E-state index contributed by atoms with van der Waals surface area (Å²) in [6.07, 6.45) is 5.24. The fourth-order valence-electron chi connectivity index (χ4n) is 2.30. The normalized spacial score (nSPS) is 25.9. The quantitative estimate of drug-likeness (QED) is 0.651. The van der Waals surface area contributed by atoms with Gasteiger partial charge in [0.15, 0.2) is 0 Å². The second-order valence-electron chi connectivity index (χ2n) is 3.99. The van der Waals surface area contributed by atoms with Crippen molar-refractivity contribution in [3.63, 3.8) is 0 Å². The van der Waals surface area contributed by atoms with Gasteiger partial charge in [-0.1, -0.05) is 12.8 Å². The number of likely N-dealkylation sites (N-methyl/N-ethyl adjacent to an activating group) is 1. The topological polar surface area (TPSA) is 29.3 Å². The summed E-state index contributed by atoms with van der Waals surface area (Å²) in [7, 11) is 4.30. The maximum Gasteiger partial charge on any atom is 0.0351 e. The molecular formula is C9H20N2. The lowest BCUT2D eigenvalue weighted by Crippen LogP contribution is -2.54. The molecule has 0 aromatic heterocycles. The van der Waals surface area contributed by atoms with E-state index >= 15 is 0 Å². The summed E-state index contributed by atoms with van der Waals surface area (Å²) in [4.78, 5) is 2.31. The first-order chi connectivity index (χ1) is 5.09. The van der Waals surface area contributed by atoms with Crippen molar-refractivity contribution in [2.45, 2.75) is 44.2 Å². The van der Waals surface area contributed by atoms with Crippen LogP contribution in [0.4, 0.5) is 0 Å². The Bertz CT molecular complexity index is 114. The maximum absolute atomic E-state index is 5.99. The third-order valence-corrected chi connectivity index (χ3v) is 3.21. The van der Waals surface area contributed by atoms with Gasteiger partial charge < -0.3 is 10.6 Å². The zero-order valence-corrected chi connectivity index (χ0v) is 7.93. The van der Waals surface area contributed by atoms with Gasteiger partial charge in [0, 0.05) is 11.6 Å². The van der Waals surface area contributed by atoms with Crippen molar-refractivity contribution >= 4 is 0 Å². The van der Waals surface area contributed by atoms with E-state index in [1.54, 1.807) is 0 Å². The summed E-state index contributed by atoms with van der Waals surface area (Å²) in [5.41, 5.74) is 6.30. The third-order valence-electron chi connectivity index (χ3n) is 3.21. The summed E-state index contributed by atoms with van der Waals surface area (Å²) in [5.74, 6) is 0. The Balaban J connectivity index is 2.70. The predicted molar refractivity (Wildman–Crippen MR) is 48.5 cm³/mol. The summed E-state index contributed by atoms with van der Waals surface area (Å²) >= 11 is 0. The summed E-state index contributed by atoms with van der Waals surface area (Å²) in [5, 5.41) is 0. The standard InChI is InChI=1S/C9H20N2/c1-8(10)9(11(2)3)6-4-5-7-9/h8H,4-7,10H2,1-3H3. The van der Waals surface area contributed by atoms with Crippen LogP contribution in [0.3, 0.4) is 0 Å². The molecule has 1 fully saturated rings. The largest absolute Gasteiger partial charge is 0.326 e. The van der Waals surface area contributed by atoms with Crippen molar-refractivity contribution in [3.8, 4) is 0 Å². The molecule has 0 amide bonds. The Hall–Kier alpha value is -0.0800. The van der Waals surface area contributed by atoms with E-state index in [1.807, 2.05) is 0 Å². The number of hydrogen-bond acceptors (Lipinski definition) is 2. The third kappa shape index (κ3) is 1.42. The second-order valence-corrected chi connectivity index (χ2v) is 3.99. The SMILES string of the molecule is CC(N)C1(N(C)C)CCCC1. The summed E-state index contributed by atoms with van der Waals surface area (Å²) < 4.78 is 0. The van der Waals surface area contributed by atoms with Gasteiger partial charge in [0.2, 0.25) is 0 Å². The molecule has 1 atom stereocenters. The highest BCUT2D eigenvalue weighted by atomic mass is 15.2. The minimum atomic E-state index is 0.306. The van der Waals surface area contributed by atoms with Crippen LogP contribution in [-0.2, 0) is 0 Å². The van der Waals surface area contributed by atoms with Crippen LogP contribution in [0.5, 0.6) is 0 Å². The molecule has 0 aromatic carbocycles. The van der Waals surface area contributed by atoms with E-state index in [4.69, 9.17) is 5.73 Å². The van der Waals surface area contributed by atoms with Gasteiger partial charge in [0.1, 0.15) is 0 Å². The van der Waals surface area contributed by atoms with Gasteiger partial charge in [-0.05, 0) is 33.9 Å². The van der Waals surface area contributed by atoms with E-state index in [2.05, 4.69) is 25.9 Å². The van der Waals surface area contributed by atoms with Gasteiger partial charge >= 0.3 is 0 Å². The highest BCUT2D eigenvalue weighted by Gasteiger charge is 2.38. The van der Waals surface area contributed by atoms with Crippen LogP contribution in [0.25, 0.3) is 0 Å². The Morgan fingerprint density at radius 2 is 1.73 bits per heavy atom. The first kappa shape index (κ1) is 9.01. The van der Waals surface area contributed by atoms with Crippen molar-refractivity contribution < 1.29 is 0 Å². The Labute approximate surface area is 69.8 Å². The van der Waals surface area contributed by atoms with Crippen molar-refractivity contribution in [1.29, 1.82) is 0 Å². The zero-order valence-electron chi connectivity index (χ0n) is 7.93. The van der Waals surface area contributed by atoms with Crippen molar-refractivity contribution in [3.05, 3.63) is 0 Å². The molecule has 0 aliphatic heterocycles. The van der Waals surface area contributed by atoms with Crippen LogP contribution in [0, 0.1) is 0 Å². The van der Waals surface area contributed by atoms with Gasteiger partial charge in [-0.3, -0.25) is 0 Å².